The van der Waals surface area contributed by atoms with Crippen molar-refractivity contribution < 1.29 is 9.18 Å². The third-order valence-electron chi connectivity index (χ3n) is 3.88. The molecule has 0 spiro atoms. The highest BCUT2D eigenvalue weighted by molar-refractivity contribution is 5.78. The average molecular weight is 293 g/mol. The van der Waals surface area contributed by atoms with E-state index in [2.05, 4.69) is 17.1 Å². The number of hydrogen-bond donors (Lipinski definition) is 2. The van der Waals surface area contributed by atoms with Crippen LogP contribution in [0, 0.1) is 11.7 Å². The van der Waals surface area contributed by atoms with Gasteiger partial charge in [-0.15, -0.1) is 0 Å². The lowest BCUT2D eigenvalue weighted by molar-refractivity contribution is -0.123. The van der Waals surface area contributed by atoms with Gasteiger partial charge in [0.05, 0.1) is 12.6 Å². The van der Waals surface area contributed by atoms with E-state index in [4.69, 9.17) is 5.73 Å². The summed E-state index contributed by atoms with van der Waals surface area (Å²) in [5.41, 5.74) is 6.89. The lowest BCUT2D eigenvalue weighted by atomic mass is 9.96. The average Bonchev–Trinajstić information content (AvgIpc) is 2.37. The van der Waals surface area contributed by atoms with Gasteiger partial charge in [0.25, 0.3) is 0 Å². The summed E-state index contributed by atoms with van der Waals surface area (Å²) in [6, 6.07) is 6.22. The zero-order chi connectivity index (χ0) is 15.4. The van der Waals surface area contributed by atoms with Crippen LogP contribution in [-0.2, 0) is 4.79 Å². The van der Waals surface area contributed by atoms with Gasteiger partial charge in [0.1, 0.15) is 5.82 Å². The van der Waals surface area contributed by atoms with Gasteiger partial charge in [0.2, 0.25) is 5.91 Å². The molecule has 1 aromatic rings. The highest BCUT2D eigenvalue weighted by Crippen LogP contribution is 2.15. The summed E-state index contributed by atoms with van der Waals surface area (Å²) in [6.45, 7) is 6.10. The van der Waals surface area contributed by atoms with E-state index in [1.165, 1.54) is 12.1 Å². The van der Waals surface area contributed by atoms with Crippen LogP contribution in [0.15, 0.2) is 24.3 Å². The fraction of sp³-hybridized carbons (Fsp3) is 0.562. The molecule has 21 heavy (non-hydrogen) atoms. The quantitative estimate of drug-likeness (QED) is 0.888. The molecule has 1 amide bonds. The van der Waals surface area contributed by atoms with E-state index in [0.717, 1.165) is 25.1 Å². The first-order chi connectivity index (χ1) is 9.94. The monoisotopic (exact) mass is 293 g/mol. The van der Waals surface area contributed by atoms with Crippen LogP contribution in [0.4, 0.5) is 4.39 Å². The molecule has 1 fully saturated rings. The molecule has 3 unspecified atom stereocenters. The summed E-state index contributed by atoms with van der Waals surface area (Å²) in [5, 5.41) is 2.95. The molecule has 0 aromatic heterocycles. The van der Waals surface area contributed by atoms with Gasteiger partial charge in [-0.25, -0.2) is 4.39 Å². The number of piperidine rings is 1. The number of nitrogens with zero attached hydrogens (tertiary/aromatic N) is 1. The van der Waals surface area contributed by atoms with E-state index in [0.29, 0.717) is 12.5 Å². The van der Waals surface area contributed by atoms with Gasteiger partial charge in [-0.1, -0.05) is 19.1 Å². The van der Waals surface area contributed by atoms with E-state index in [1.807, 2.05) is 6.92 Å². The Morgan fingerprint density at radius 1 is 1.43 bits per heavy atom. The Morgan fingerprint density at radius 2 is 2.10 bits per heavy atom. The fourth-order valence-corrected chi connectivity index (χ4v) is 2.97. The van der Waals surface area contributed by atoms with Crippen molar-refractivity contribution in [3.63, 3.8) is 0 Å². The Labute approximate surface area is 125 Å². The van der Waals surface area contributed by atoms with Crippen molar-refractivity contribution in [3.8, 4) is 0 Å². The molecule has 5 heteroatoms. The van der Waals surface area contributed by atoms with E-state index in [1.54, 1.807) is 12.1 Å². The van der Waals surface area contributed by atoms with Crippen LogP contribution in [0.3, 0.4) is 0 Å². The van der Waals surface area contributed by atoms with Crippen LogP contribution in [-0.4, -0.2) is 36.5 Å². The number of benzene rings is 1. The van der Waals surface area contributed by atoms with Crippen molar-refractivity contribution in [1.29, 1.82) is 0 Å². The van der Waals surface area contributed by atoms with Crippen molar-refractivity contribution in [2.45, 2.75) is 32.4 Å². The molecule has 1 aliphatic rings. The van der Waals surface area contributed by atoms with Crippen molar-refractivity contribution in [2.24, 2.45) is 11.7 Å². The third kappa shape index (κ3) is 4.79. The molecule has 2 rings (SSSR count). The Morgan fingerprint density at radius 3 is 2.71 bits per heavy atom. The number of carbonyl (C=O) groups excluding carboxylic acids is 1. The number of nitrogens with one attached hydrogen (secondary N) is 1. The summed E-state index contributed by atoms with van der Waals surface area (Å²) >= 11 is 0. The lowest BCUT2D eigenvalue weighted by Gasteiger charge is -2.34. The van der Waals surface area contributed by atoms with Crippen LogP contribution >= 0.6 is 0 Å². The number of rotatable bonds is 4. The van der Waals surface area contributed by atoms with Crippen LogP contribution in [0.2, 0.25) is 0 Å². The van der Waals surface area contributed by atoms with Gasteiger partial charge in [0.15, 0.2) is 0 Å². The van der Waals surface area contributed by atoms with Crippen molar-refractivity contribution in [1.82, 2.24) is 10.2 Å². The normalized spacial score (nSPS) is 24.6. The number of likely N-dealkylation sites (tertiary alicyclic amines) is 1. The molecule has 3 atom stereocenters. The first-order valence-electron chi connectivity index (χ1n) is 7.47. The Bertz CT molecular complexity index is 467. The summed E-state index contributed by atoms with van der Waals surface area (Å²) < 4.78 is 12.9. The van der Waals surface area contributed by atoms with E-state index < -0.39 is 0 Å². The highest BCUT2D eigenvalue weighted by atomic mass is 19.1. The van der Waals surface area contributed by atoms with Gasteiger partial charge in [-0.3, -0.25) is 9.69 Å². The number of halogens is 1. The molecular weight excluding hydrogens is 269 g/mol. The molecular formula is C16H24FN3O. The maximum atomic E-state index is 12.9. The summed E-state index contributed by atoms with van der Waals surface area (Å²) in [5.74, 6) is 0.234. The van der Waals surface area contributed by atoms with E-state index in [9.17, 15) is 9.18 Å². The van der Waals surface area contributed by atoms with Gasteiger partial charge in [0, 0.05) is 19.1 Å². The smallest absolute Gasteiger partial charge is 0.234 e. The van der Waals surface area contributed by atoms with Crippen LogP contribution in [0.25, 0.3) is 0 Å². The lowest BCUT2D eigenvalue weighted by Crippen LogP contribution is -2.49. The predicted octanol–water partition coefficient (Wildman–Crippen LogP) is 1.67. The van der Waals surface area contributed by atoms with Gasteiger partial charge in [-0.05, 0) is 37.0 Å². The Kier molecular flexibility index (Phi) is 5.31. The van der Waals surface area contributed by atoms with Crippen molar-refractivity contribution in [2.75, 3.05) is 19.6 Å². The number of nitrogens with two attached hydrogens (primary N) is 1. The topological polar surface area (TPSA) is 58.4 Å². The zero-order valence-corrected chi connectivity index (χ0v) is 12.7. The maximum Gasteiger partial charge on any atom is 0.234 e. The molecule has 4 nitrogen and oxygen atoms in total. The highest BCUT2D eigenvalue weighted by Gasteiger charge is 2.24. The van der Waals surface area contributed by atoms with Gasteiger partial charge in [-0.2, -0.15) is 0 Å². The molecule has 0 saturated carbocycles. The molecule has 116 valence electrons. The minimum atomic E-state index is -0.270. The molecule has 1 saturated heterocycles. The maximum absolute atomic E-state index is 12.9. The molecule has 0 radical (unpaired) electrons. The third-order valence-corrected chi connectivity index (χ3v) is 3.88. The Balaban J connectivity index is 1.85. The summed E-state index contributed by atoms with van der Waals surface area (Å²) in [7, 11) is 0. The Hall–Kier alpha value is -1.46. The summed E-state index contributed by atoms with van der Waals surface area (Å²) in [6.07, 6.45) is 1.02. The molecule has 1 aliphatic heterocycles. The van der Waals surface area contributed by atoms with E-state index in [-0.39, 0.29) is 23.8 Å². The van der Waals surface area contributed by atoms with Gasteiger partial charge < -0.3 is 11.1 Å². The first-order valence-corrected chi connectivity index (χ1v) is 7.47. The number of carbonyl (C=O) groups is 1. The minimum Gasteiger partial charge on any atom is -0.348 e. The van der Waals surface area contributed by atoms with Crippen LogP contribution in [0.5, 0.6) is 0 Å². The number of hydrogen-bond acceptors (Lipinski definition) is 3. The minimum absolute atomic E-state index is 0.0203. The van der Waals surface area contributed by atoms with Crippen LogP contribution in [0.1, 0.15) is 31.9 Å². The zero-order valence-electron chi connectivity index (χ0n) is 12.7. The predicted molar refractivity (Wildman–Crippen MR) is 81.2 cm³/mol. The van der Waals surface area contributed by atoms with Crippen molar-refractivity contribution in [3.05, 3.63) is 35.6 Å². The van der Waals surface area contributed by atoms with Crippen LogP contribution < -0.4 is 11.1 Å². The molecule has 1 aromatic carbocycles. The van der Waals surface area contributed by atoms with Crippen molar-refractivity contribution >= 4 is 5.91 Å². The second kappa shape index (κ2) is 7.00. The molecule has 0 bridgehead atoms. The molecule has 3 N–H and O–H groups in total. The van der Waals surface area contributed by atoms with Gasteiger partial charge >= 0.3 is 0 Å². The number of amides is 1. The second-order valence-electron chi connectivity index (χ2n) is 6.14. The SMILES string of the molecule is CC1CC(N)CN(CC(=O)NC(C)c2ccc(F)cc2)C1. The molecule has 0 aliphatic carbocycles. The summed E-state index contributed by atoms with van der Waals surface area (Å²) in [4.78, 5) is 14.2. The standard InChI is InChI=1S/C16H24FN3O/c1-11-7-15(18)9-20(8-11)10-16(21)19-12(2)13-3-5-14(17)6-4-13/h3-6,11-12,15H,7-10,18H2,1-2H3,(H,19,21). The molecule has 1 heterocycles. The second-order valence-corrected chi connectivity index (χ2v) is 6.14. The van der Waals surface area contributed by atoms with E-state index >= 15 is 0 Å². The first kappa shape index (κ1) is 15.9. The largest absolute Gasteiger partial charge is 0.348 e. The fourth-order valence-electron chi connectivity index (χ4n) is 2.97.